The molecule has 4 amide bonds. The molecule has 3 N–H and O–H groups in total. The first-order valence-electron chi connectivity index (χ1n) is 8.90. The third-order valence-corrected chi connectivity index (χ3v) is 5.34. The van der Waals surface area contributed by atoms with Crippen LogP contribution in [0.25, 0.3) is 0 Å². The average Bonchev–Trinajstić information content (AvgIpc) is 2.87. The molecule has 0 radical (unpaired) electrons. The van der Waals surface area contributed by atoms with Crippen LogP contribution in [0, 0.1) is 5.92 Å². The molecule has 3 rings (SSSR count). The number of carbonyl (C=O) groups excluding carboxylic acids is 3. The van der Waals surface area contributed by atoms with Gasteiger partial charge >= 0.3 is 6.03 Å². The maximum absolute atomic E-state index is 12.4. The zero-order valence-electron chi connectivity index (χ0n) is 14.7. The van der Waals surface area contributed by atoms with Gasteiger partial charge in [0.15, 0.2) is 0 Å². The molecule has 2 aliphatic rings. The molecule has 1 saturated carbocycles. The summed E-state index contributed by atoms with van der Waals surface area (Å²) in [6.45, 7) is 4.81. The Morgan fingerprint density at radius 3 is 2.36 bits per heavy atom. The molecule has 1 saturated heterocycles. The first kappa shape index (κ1) is 17.5. The highest BCUT2D eigenvalue weighted by Gasteiger charge is 2.48. The van der Waals surface area contributed by atoms with Crippen molar-refractivity contribution in [1.82, 2.24) is 16.0 Å². The van der Waals surface area contributed by atoms with Crippen molar-refractivity contribution in [1.29, 1.82) is 0 Å². The van der Waals surface area contributed by atoms with Gasteiger partial charge in [-0.1, -0.05) is 38.1 Å². The van der Waals surface area contributed by atoms with Gasteiger partial charge in [0, 0.05) is 12.5 Å². The molecule has 25 heavy (non-hydrogen) atoms. The molecule has 6 heteroatoms. The zero-order valence-corrected chi connectivity index (χ0v) is 14.7. The summed E-state index contributed by atoms with van der Waals surface area (Å²) in [4.78, 5) is 35.7. The smallest absolute Gasteiger partial charge is 0.322 e. The molecule has 6 nitrogen and oxygen atoms in total. The molecule has 1 aliphatic carbocycles. The largest absolute Gasteiger partial charge is 0.352 e. The Labute approximate surface area is 147 Å². The second kappa shape index (κ2) is 6.86. The highest BCUT2D eigenvalue weighted by Crippen LogP contribution is 2.34. The quantitative estimate of drug-likeness (QED) is 0.733. The number of carbonyl (C=O) groups is 3. The number of benzene rings is 1. The molecule has 1 aromatic rings. The zero-order chi connectivity index (χ0) is 18.0. The van der Waals surface area contributed by atoms with E-state index in [1.165, 1.54) is 5.56 Å². The minimum Gasteiger partial charge on any atom is -0.352 e. The highest BCUT2D eigenvalue weighted by molar-refractivity contribution is 6.07. The Morgan fingerprint density at radius 1 is 1.20 bits per heavy atom. The van der Waals surface area contributed by atoms with E-state index < -0.39 is 11.6 Å². The first-order valence-corrected chi connectivity index (χ1v) is 8.90. The van der Waals surface area contributed by atoms with E-state index in [0.29, 0.717) is 38.1 Å². The predicted octanol–water partition coefficient (Wildman–Crippen LogP) is 2.19. The van der Waals surface area contributed by atoms with E-state index >= 15 is 0 Å². The summed E-state index contributed by atoms with van der Waals surface area (Å²) in [6, 6.07) is 7.85. The van der Waals surface area contributed by atoms with Crippen LogP contribution in [-0.2, 0) is 16.1 Å². The van der Waals surface area contributed by atoms with Crippen LogP contribution in [0.2, 0.25) is 0 Å². The van der Waals surface area contributed by atoms with Crippen LogP contribution in [0.3, 0.4) is 0 Å². The summed E-state index contributed by atoms with van der Waals surface area (Å²) in [5.74, 6) is 0.145. The molecule has 0 bridgehead atoms. The van der Waals surface area contributed by atoms with Crippen molar-refractivity contribution in [2.45, 2.75) is 57.5 Å². The lowest BCUT2D eigenvalue weighted by Gasteiger charge is -2.33. The molecule has 1 aromatic carbocycles. The fourth-order valence-corrected chi connectivity index (χ4v) is 3.61. The number of hydrogen-bond acceptors (Lipinski definition) is 3. The first-order chi connectivity index (χ1) is 11.9. The van der Waals surface area contributed by atoms with Crippen molar-refractivity contribution >= 4 is 17.8 Å². The second-order valence-corrected chi connectivity index (χ2v) is 7.38. The Bertz CT molecular complexity index is 674. The van der Waals surface area contributed by atoms with Gasteiger partial charge in [0.25, 0.3) is 5.91 Å². The van der Waals surface area contributed by atoms with Crippen molar-refractivity contribution in [3.8, 4) is 0 Å². The number of rotatable bonds is 4. The molecular weight excluding hydrogens is 318 g/mol. The van der Waals surface area contributed by atoms with Gasteiger partial charge in [0.05, 0.1) is 0 Å². The van der Waals surface area contributed by atoms with Gasteiger partial charge in [-0.25, -0.2) is 4.79 Å². The number of amides is 4. The lowest BCUT2D eigenvalue weighted by molar-refractivity contribution is -0.130. The van der Waals surface area contributed by atoms with E-state index in [0.717, 1.165) is 5.56 Å². The van der Waals surface area contributed by atoms with E-state index in [9.17, 15) is 14.4 Å². The summed E-state index contributed by atoms with van der Waals surface area (Å²) in [5.41, 5.74) is 1.55. The molecule has 134 valence electrons. The van der Waals surface area contributed by atoms with E-state index in [1.807, 2.05) is 12.1 Å². The van der Waals surface area contributed by atoms with Gasteiger partial charge in [-0.2, -0.15) is 0 Å². The normalized spacial score (nSPS) is 25.8. The van der Waals surface area contributed by atoms with Crippen LogP contribution in [-0.4, -0.2) is 23.4 Å². The summed E-state index contributed by atoms with van der Waals surface area (Å²) in [6.07, 6.45) is 2.22. The highest BCUT2D eigenvalue weighted by atomic mass is 16.2. The van der Waals surface area contributed by atoms with Crippen LogP contribution in [0.15, 0.2) is 24.3 Å². The summed E-state index contributed by atoms with van der Waals surface area (Å²) >= 11 is 0. The van der Waals surface area contributed by atoms with Crippen LogP contribution in [0.4, 0.5) is 4.79 Å². The summed E-state index contributed by atoms with van der Waals surface area (Å²) in [7, 11) is 0. The van der Waals surface area contributed by atoms with Gasteiger partial charge < -0.3 is 10.6 Å². The number of urea groups is 1. The molecule has 1 aliphatic heterocycles. The Morgan fingerprint density at radius 2 is 1.84 bits per heavy atom. The molecule has 1 heterocycles. The minimum absolute atomic E-state index is 0.0208. The molecule has 0 unspecified atom stereocenters. The second-order valence-electron chi connectivity index (χ2n) is 7.38. The lowest BCUT2D eigenvalue weighted by Crippen LogP contribution is -2.50. The van der Waals surface area contributed by atoms with Crippen LogP contribution in [0.5, 0.6) is 0 Å². The number of hydrogen-bond donors (Lipinski definition) is 3. The fourth-order valence-electron chi connectivity index (χ4n) is 3.61. The van der Waals surface area contributed by atoms with E-state index in [4.69, 9.17) is 0 Å². The Balaban J connectivity index is 1.50. The van der Waals surface area contributed by atoms with Gasteiger partial charge in [-0.05, 0) is 42.7 Å². The third kappa shape index (κ3) is 3.67. The Kier molecular flexibility index (Phi) is 4.79. The SMILES string of the molecule is CC(C)c1ccc(CNC(=O)C2CCC3(CC2)NC(=O)NC3=O)cc1. The van der Waals surface area contributed by atoms with Gasteiger partial charge in [-0.3, -0.25) is 14.9 Å². The van der Waals surface area contributed by atoms with Crippen molar-refractivity contribution < 1.29 is 14.4 Å². The van der Waals surface area contributed by atoms with Crippen molar-refractivity contribution in [2.24, 2.45) is 5.92 Å². The lowest BCUT2D eigenvalue weighted by atomic mass is 9.76. The molecule has 1 spiro atoms. The van der Waals surface area contributed by atoms with Crippen molar-refractivity contribution in [3.63, 3.8) is 0 Å². The monoisotopic (exact) mass is 343 g/mol. The standard InChI is InChI=1S/C19H25N3O3/c1-12(2)14-5-3-13(4-6-14)11-20-16(23)15-7-9-19(10-8-15)17(24)21-18(25)22-19/h3-6,12,15H,7-11H2,1-2H3,(H,20,23)(H2,21,22,24,25). The summed E-state index contributed by atoms with van der Waals surface area (Å²) in [5, 5.41) is 8.00. The number of nitrogens with one attached hydrogen (secondary N) is 3. The molecule has 0 atom stereocenters. The fraction of sp³-hybridized carbons (Fsp3) is 0.526. The average molecular weight is 343 g/mol. The van der Waals surface area contributed by atoms with Gasteiger partial charge in [0.1, 0.15) is 5.54 Å². The maximum atomic E-state index is 12.4. The van der Waals surface area contributed by atoms with E-state index in [1.54, 1.807) is 0 Å². The Hall–Kier alpha value is -2.37. The van der Waals surface area contributed by atoms with Crippen molar-refractivity contribution in [2.75, 3.05) is 0 Å². The molecule has 2 fully saturated rings. The van der Waals surface area contributed by atoms with Crippen LogP contribution in [0.1, 0.15) is 56.6 Å². The maximum Gasteiger partial charge on any atom is 0.322 e. The van der Waals surface area contributed by atoms with Crippen LogP contribution >= 0.6 is 0 Å². The number of imide groups is 1. The topological polar surface area (TPSA) is 87.3 Å². The van der Waals surface area contributed by atoms with E-state index in [2.05, 4.69) is 41.9 Å². The van der Waals surface area contributed by atoms with Gasteiger partial charge in [0.2, 0.25) is 5.91 Å². The summed E-state index contributed by atoms with van der Waals surface area (Å²) < 4.78 is 0. The van der Waals surface area contributed by atoms with E-state index in [-0.39, 0.29) is 17.7 Å². The molecule has 0 aromatic heterocycles. The predicted molar refractivity (Wildman–Crippen MR) is 93.7 cm³/mol. The van der Waals surface area contributed by atoms with Crippen LogP contribution < -0.4 is 16.0 Å². The van der Waals surface area contributed by atoms with Gasteiger partial charge in [-0.15, -0.1) is 0 Å². The van der Waals surface area contributed by atoms with Crippen molar-refractivity contribution in [3.05, 3.63) is 35.4 Å². The third-order valence-electron chi connectivity index (χ3n) is 5.34. The molecular formula is C19H25N3O3. The minimum atomic E-state index is -0.805.